The molecular formula is C12H21N3O. The molecule has 0 amide bonds. The maximum absolute atomic E-state index is 5.76. The zero-order valence-corrected chi connectivity index (χ0v) is 10.1. The molecule has 0 radical (unpaired) electrons. The molecule has 1 fully saturated rings. The highest BCUT2D eigenvalue weighted by molar-refractivity contribution is 5.14. The first-order chi connectivity index (χ1) is 7.77. The van der Waals surface area contributed by atoms with E-state index in [0.29, 0.717) is 12.1 Å². The van der Waals surface area contributed by atoms with Gasteiger partial charge in [-0.05, 0) is 32.1 Å². The van der Waals surface area contributed by atoms with E-state index in [-0.39, 0.29) is 0 Å². The number of hydrogen-bond acceptors (Lipinski definition) is 3. The molecular weight excluding hydrogens is 202 g/mol. The lowest BCUT2D eigenvalue weighted by atomic mass is 10.0. The van der Waals surface area contributed by atoms with Crippen LogP contribution in [0.25, 0.3) is 0 Å². The molecule has 2 heterocycles. The SMILES string of the molecule is CN(C)C(CC1CNCCO1)c1cc[nH]c1. The monoisotopic (exact) mass is 223 g/mol. The van der Waals surface area contributed by atoms with Crippen molar-refractivity contribution in [1.82, 2.24) is 15.2 Å². The average molecular weight is 223 g/mol. The maximum Gasteiger partial charge on any atom is 0.0718 e. The summed E-state index contributed by atoms with van der Waals surface area (Å²) in [7, 11) is 4.24. The van der Waals surface area contributed by atoms with Crippen LogP contribution in [0.15, 0.2) is 18.5 Å². The number of rotatable bonds is 4. The van der Waals surface area contributed by atoms with Gasteiger partial charge >= 0.3 is 0 Å². The van der Waals surface area contributed by atoms with Gasteiger partial charge in [0.1, 0.15) is 0 Å². The fraction of sp³-hybridized carbons (Fsp3) is 0.667. The molecule has 1 aliphatic heterocycles. The molecule has 2 unspecified atom stereocenters. The molecule has 0 aliphatic carbocycles. The van der Waals surface area contributed by atoms with Crippen molar-refractivity contribution in [1.29, 1.82) is 0 Å². The first kappa shape index (κ1) is 11.6. The minimum Gasteiger partial charge on any atom is -0.376 e. The minimum atomic E-state index is 0.330. The summed E-state index contributed by atoms with van der Waals surface area (Å²) in [5.41, 5.74) is 1.33. The molecule has 2 atom stereocenters. The van der Waals surface area contributed by atoms with E-state index in [1.807, 2.05) is 6.20 Å². The van der Waals surface area contributed by atoms with Crippen LogP contribution in [0.4, 0.5) is 0 Å². The van der Waals surface area contributed by atoms with Crippen molar-refractivity contribution in [2.24, 2.45) is 0 Å². The minimum absolute atomic E-state index is 0.330. The molecule has 90 valence electrons. The highest BCUT2D eigenvalue weighted by atomic mass is 16.5. The molecule has 0 saturated carbocycles. The number of aromatic amines is 1. The molecule has 16 heavy (non-hydrogen) atoms. The molecule has 1 aromatic heterocycles. The van der Waals surface area contributed by atoms with E-state index in [2.05, 4.69) is 41.6 Å². The van der Waals surface area contributed by atoms with Crippen molar-refractivity contribution in [3.63, 3.8) is 0 Å². The summed E-state index contributed by atoms with van der Waals surface area (Å²) in [6, 6.07) is 2.57. The standard InChI is InChI=1S/C12H21N3O/c1-15(2)12(10-3-4-13-8-10)7-11-9-14-5-6-16-11/h3-4,8,11-14H,5-7,9H2,1-2H3. The molecule has 1 aliphatic rings. The zero-order valence-electron chi connectivity index (χ0n) is 10.1. The summed E-state index contributed by atoms with van der Waals surface area (Å²) < 4.78 is 5.76. The molecule has 2 rings (SSSR count). The van der Waals surface area contributed by atoms with Crippen LogP contribution in [-0.4, -0.2) is 49.8 Å². The fourth-order valence-corrected chi connectivity index (χ4v) is 2.21. The Kier molecular flexibility index (Phi) is 3.98. The Balaban J connectivity index is 1.97. The summed E-state index contributed by atoms with van der Waals surface area (Å²) in [4.78, 5) is 5.37. The van der Waals surface area contributed by atoms with Crippen molar-refractivity contribution in [2.75, 3.05) is 33.8 Å². The largest absolute Gasteiger partial charge is 0.376 e. The average Bonchev–Trinajstić information content (AvgIpc) is 2.80. The van der Waals surface area contributed by atoms with Gasteiger partial charge in [0.05, 0.1) is 12.7 Å². The van der Waals surface area contributed by atoms with Gasteiger partial charge in [0.2, 0.25) is 0 Å². The lowest BCUT2D eigenvalue weighted by molar-refractivity contribution is 0.00896. The normalized spacial score (nSPS) is 23.6. The first-order valence-electron chi connectivity index (χ1n) is 5.89. The van der Waals surface area contributed by atoms with Crippen LogP contribution < -0.4 is 5.32 Å². The topological polar surface area (TPSA) is 40.3 Å². The van der Waals surface area contributed by atoms with Gasteiger partial charge in [-0.3, -0.25) is 0 Å². The summed E-state index contributed by atoms with van der Waals surface area (Å²) >= 11 is 0. The molecule has 0 bridgehead atoms. The Bertz CT molecular complexity index is 291. The maximum atomic E-state index is 5.76. The third kappa shape index (κ3) is 2.84. The third-order valence-electron chi connectivity index (χ3n) is 3.12. The quantitative estimate of drug-likeness (QED) is 0.800. The van der Waals surface area contributed by atoms with Gasteiger partial charge in [-0.25, -0.2) is 0 Å². The van der Waals surface area contributed by atoms with Crippen LogP contribution in [0.1, 0.15) is 18.0 Å². The predicted octanol–water partition coefficient (Wildman–Crippen LogP) is 0.996. The van der Waals surface area contributed by atoms with Crippen molar-refractivity contribution in [2.45, 2.75) is 18.6 Å². The lowest BCUT2D eigenvalue weighted by Crippen LogP contribution is -2.40. The van der Waals surface area contributed by atoms with Crippen LogP contribution >= 0.6 is 0 Å². The van der Waals surface area contributed by atoms with Crippen molar-refractivity contribution < 1.29 is 4.74 Å². The first-order valence-corrected chi connectivity index (χ1v) is 5.89. The molecule has 0 aromatic carbocycles. The predicted molar refractivity (Wildman–Crippen MR) is 64.4 cm³/mol. The van der Waals surface area contributed by atoms with Crippen LogP contribution in [0.3, 0.4) is 0 Å². The molecule has 1 saturated heterocycles. The second-order valence-electron chi connectivity index (χ2n) is 4.56. The molecule has 4 heteroatoms. The number of H-pyrrole nitrogens is 1. The van der Waals surface area contributed by atoms with Gasteiger partial charge in [-0.1, -0.05) is 0 Å². The van der Waals surface area contributed by atoms with E-state index in [1.165, 1.54) is 5.56 Å². The Labute approximate surface area is 97.0 Å². The van der Waals surface area contributed by atoms with E-state index >= 15 is 0 Å². The van der Waals surface area contributed by atoms with E-state index in [1.54, 1.807) is 0 Å². The smallest absolute Gasteiger partial charge is 0.0718 e. The Morgan fingerprint density at radius 3 is 3.00 bits per heavy atom. The number of ether oxygens (including phenoxy) is 1. The Morgan fingerprint density at radius 2 is 2.44 bits per heavy atom. The van der Waals surface area contributed by atoms with Crippen LogP contribution in [0.5, 0.6) is 0 Å². The van der Waals surface area contributed by atoms with E-state index in [9.17, 15) is 0 Å². The second-order valence-corrected chi connectivity index (χ2v) is 4.56. The van der Waals surface area contributed by atoms with Gasteiger partial charge < -0.3 is 19.9 Å². The van der Waals surface area contributed by atoms with Crippen LogP contribution in [0.2, 0.25) is 0 Å². The van der Waals surface area contributed by atoms with Crippen molar-refractivity contribution >= 4 is 0 Å². The van der Waals surface area contributed by atoms with E-state index in [0.717, 1.165) is 26.1 Å². The Hall–Kier alpha value is -0.840. The van der Waals surface area contributed by atoms with E-state index < -0.39 is 0 Å². The highest BCUT2D eigenvalue weighted by Gasteiger charge is 2.22. The number of hydrogen-bond donors (Lipinski definition) is 2. The van der Waals surface area contributed by atoms with Gasteiger partial charge in [0.15, 0.2) is 0 Å². The molecule has 4 nitrogen and oxygen atoms in total. The summed E-state index contributed by atoms with van der Waals surface area (Å²) in [5.74, 6) is 0. The zero-order chi connectivity index (χ0) is 11.4. The molecule has 2 N–H and O–H groups in total. The van der Waals surface area contributed by atoms with Gasteiger partial charge in [0, 0.05) is 31.5 Å². The Morgan fingerprint density at radius 1 is 1.56 bits per heavy atom. The molecule has 1 aromatic rings. The van der Waals surface area contributed by atoms with Crippen molar-refractivity contribution in [3.8, 4) is 0 Å². The summed E-state index contributed by atoms with van der Waals surface area (Å²) in [5, 5.41) is 3.37. The number of nitrogens with zero attached hydrogens (tertiary/aromatic N) is 1. The molecule has 0 spiro atoms. The summed E-state index contributed by atoms with van der Waals surface area (Å²) in [6.07, 6.45) is 5.42. The van der Waals surface area contributed by atoms with Crippen LogP contribution in [0, 0.1) is 0 Å². The second kappa shape index (κ2) is 5.48. The highest BCUT2D eigenvalue weighted by Crippen LogP contribution is 2.24. The lowest BCUT2D eigenvalue weighted by Gasteiger charge is -2.30. The number of nitrogens with one attached hydrogen (secondary N) is 2. The number of aromatic nitrogens is 1. The third-order valence-corrected chi connectivity index (χ3v) is 3.12. The van der Waals surface area contributed by atoms with Gasteiger partial charge in [-0.15, -0.1) is 0 Å². The van der Waals surface area contributed by atoms with Gasteiger partial charge in [0.25, 0.3) is 0 Å². The number of morpholine rings is 1. The van der Waals surface area contributed by atoms with Crippen LogP contribution in [-0.2, 0) is 4.74 Å². The fourth-order valence-electron chi connectivity index (χ4n) is 2.21. The van der Waals surface area contributed by atoms with Crippen molar-refractivity contribution in [3.05, 3.63) is 24.0 Å². The summed E-state index contributed by atoms with van der Waals surface area (Å²) in [6.45, 7) is 2.78. The van der Waals surface area contributed by atoms with Gasteiger partial charge in [-0.2, -0.15) is 0 Å². The van der Waals surface area contributed by atoms with E-state index in [4.69, 9.17) is 4.74 Å².